The highest BCUT2D eigenvalue weighted by molar-refractivity contribution is 5.86. The Balaban J connectivity index is 1.76. The summed E-state index contributed by atoms with van der Waals surface area (Å²) in [4.78, 5) is 14.3. The number of nitrogens with zero attached hydrogens (tertiary/aromatic N) is 2. The zero-order valence-electron chi connectivity index (χ0n) is 11.2. The molecule has 1 saturated heterocycles. The van der Waals surface area contributed by atoms with Crippen molar-refractivity contribution >= 4 is 11.6 Å². The van der Waals surface area contributed by atoms with Crippen LogP contribution >= 0.6 is 0 Å². The summed E-state index contributed by atoms with van der Waals surface area (Å²) in [5.41, 5.74) is 1.59. The van der Waals surface area contributed by atoms with Crippen LogP contribution in [0.3, 0.4) is 0 Å². The first-order valence-corrected chi connectivity index (χ1v) is 6.93. The van der Waals surface area contributed by atoms with E-state index < -0.39 is 0 Å². The molecule has 1 amide bonds. The Morgan fingerprint density at radius 3 is 2.75 bits per heavy atom. The summed E-state index contributed by atoms with van der Waals surface area (Å²) in [7, 11) is 0. The smallest absolute Gasteiger partial charge is 0.245 e. The molecule has 1 N–H and O–H groups in total. The summed E-state index contributed by atoms with van der Waals surface area (Å²) < 4.78 is 5.45. The summed E-state index contributed by atoms with van der Waals surface area (Å²) in [6, 6.07) is 9.51. The number of hydrogen-bond acceptors (Lipinski definition) is 4. The first-order valence-electron chi connectivity index (χ1n) is 6.93. The molecular formula is C15H17N3O2. The van der Waals surface area contributed by atoms with E-state index in [1.54, 1.807) is 12.1 Å². The number of carbonyl (C=O) groups excluding carboxylic acids is 1. The van der Waals surface area contributed by atoms with E-state index in [0.717, 1.165) is 18.5 Å². The zero-order valence-corrected chi connectivity index (χ0v) is 11.2. The van der Waals surface area contributed by atoms with Gasteiger partial charge in [-0.3, -0.25) is 4.79 Å². The molecular weight excluding hydrogens is 254 g/mol. The molecule has 1 saturated carbocycles. The van der Waals surface area contributed by atoms with Gasteiger partial charge in [0, 0.05) is 18.3 Å². The maximum absolute atomic E-state index is 12.3. The molecule has 20 heavy (non-hydrogen) atoms. The lowest BCUT2D eigenvalue weighted by Crippen LogP contribution is -2.54. The SMILES string of the molecule is N#Cc1ccc(N2CCOCC2C(=O)NC2CC2)cc1. The monoisotopic (exact) mass is 271 g/mol. The van der Waals surface area contributed by atoms with Gasteiger partial charge in [0.05, 0.1) is 24.8 Å². The number of benzene rings is 1. The molecule has 0 aromatic heterocycles. The van der Waals surface area contributed by atoms with Crippen molar-refractivity contribution in [3.8, 4) is 6.07 Å². The molecule has 5 nitrogen and oxygen atoms in total. The Morgan fingerprint density at radius 1 is 1.35 bits per heavy atom. The van der Waals surface area contributed by atoms with E-state index in [4.69, 9.17) is 10.00 Å². The molecule has 2 fully saturated rings. The second-order valence-electron chi connectivity index (χ2n) is 5.23. The molecule has 1 aliphatic heterocycles. The molecule has 104 valence electrons. The highest BCUT2D eigenvalue weighted by Crippen LogP contribution is 2.23. The number of anilines is 1. The zero-order chi connectivity index (χ0) is 13.9. The number of nitrogens with one attached hydrogen (secondary N) is 1. The average Bonchev–Trinajstić information content (AvgIpc) is 3.31. The van der Waals surface area contributed by atoms with Gasteiger partial charge in [-0.05, 0) is 37.1 Å². The molecule has 1 aromatic carbocycles. The fourth-order valence-corrected chi connectivity index (χ4v) is 2.38. The highest BCUT2D eigenvalue weighted by atomic mass is 16.5. The van der Waals surface area contributed by atoms with Crippen molar-refractivity contribution in [2.24, 2.45) is 0 Å². The van der Waals surface area contributed by atoms with Crippen LogP contribution < -0.4 is 10.2 Å². The summed E-state index contributed by atoms with van der Waals surface area (Å²) in [5.74, 6) is 0.0385. The minimum atomic E-state index is -0.280. The standard InChI is InChI=1S/C15H17N3O2/c16-9-11-1-5-13(6-2-11)18-7-8-20-10-14(18)15(19)17-12-3-4-12/h1-2,5-6,12,14H,3-4,7-8,10H2,(H,17,19). The van der Waals surface area contributed by atoms with Crippen LogP contribution in [-0.4, -0.2) is 37.7 Å². The van der Waals surface area contributed by atoms with Crippen molar-refractivity contribution in [1.82, 2.24) is 5.32 Å². The van der Waals surface area contributed by atoms with Crippen molar-refractivity contribution in [1.29, 1.82) is 5.26 Å². The maximum atomic E-state index is 12.3. The summed E-state index contributed by atoms with van der Waals surface area (Å²) in [6.07, 6.45) is 2.16. The van der Waals surface area contributed by atoms with Crippen molar-refractivity contribution in [3.63, 3.8) is 0 Å². The Hall–Kier alpha value is -2.06. The second kappa shape index (κ2) is 5.51. The number of hydrogen-bond donors (Lipinski definition) is 1. The maximum Gasteiger partial charge on any atom is 0.245 e. The Morgan fingerprint density at radius 2 is 2.10 bits per heavy atom. The first kappa shape index (κ1) is 12.9. The van der Waals surface area contributed by atoms with Gasteiger partial charge in [-0.1, -0.05) is 0 Å². The van der Waals surface area contributed by atoms with E-state index in [1.807, 2.05) is 12.1 Å². The van der Waals surface area contributed by atoms with E-state index in [-0.39, 0.29) is 11.9 Å². The van der Waals surface area contributed by atoms with Gasteiger partial charge in [-0.15, -0.1) is 0 Å². The molecule has 1 atom stereocenters. The summed E-state index contributed by atoms with van der Waals surface area (Å²) >= 11 is 0. The first-order chi connectivity index (χ1) is 9.78. The van der Waals surface area contributed by atoms with Gasteiger partial charge < -0.3 is 15.0 Å². The Bertz CT molecular complexity index is 531. The lowest BCUT2D eigenvalue weighted by atomic mass is 10.1. The molecule has 2 aliphatic rings. The third-order valence-corrected chi connectivity index (χ3v) is 3.68. The van der Waals surface area contributed by atoms with Gasteiger partial charge in [0.25, 0.3) is 0 Å². The van der Waals surface area contributed by atoms with Gasteiger partial charge in [0.1, 0.15) is 6.04 Å². The quantitative estimate of drug-likeness (QED) is 0.892. The molecule has 0 radical (unpaired) electrons. The summed E-state index contributed by atoms with van der Waals surface area (Å²) in [6.45, 7) is 1.72. The van der Waals surface area contributed by atoms with Crippen LogP contribution in [0.1, 0.15) is 18.4 Å². The van der Waals surface area contributed by atoms with E-state index in [0.29, 0.717) is 31.4 Å². The average molecular weight is 271 g/mol. The number of ether oxygens (including phenoxy) is 1. The van der Waals surface area contributed by atoms with Crippen LogP contribution in [0.25, 0.3) is 0 Å². The Labute approximate surface area is 118 Å². The molecule has 1 aliphatic carbocycles. The number of nitriles is 1. The van der Waals surface area contributed by atoms with Crippen LogP contribution in [0.5, 0.6) is 0 Å². The Kier molecular flexibility index (Phi) is 3.57. The fourth-order valence-electron chi connectivity index (χ4n) is 2.38. The number of amides is 1. The third-order valence-electron chi connectivity index (χ3n) is 3.68. The van der Waals surface area contributed by atoms with Gasteiger partial charge >= 0.3 is 0 Å². The number of carbonyl (C=O) groups is 1. The fraction of sp³-hybridized carbons (Fsp3) is 0.467. The van der Waals surface area contributed by atoms with Crippen LogP contribution in [-0.2, 0) is 9.53 Å². The lowest BCUT2D eigenvalue weighted by Gasteiger charge is -2.36. The van der Waals surface area contributed by atoms with Gasteiger partial charge in [0.2, 0.25) is 5.91 Å². The largest absolute Gasteiger partial charge is 0.377 e. The van der Waals surface area contributed by atoms with E-state index in [1.165, 1.54) is 0 Å². The second-order valence-corrected chi connectivity index (χ2v) is 5.23. The van der Waals surface area contributed by atoms with Crippen LogP contribution in [0, 0.1) is 11.3 Å². The van der Waals surface area contributed by atoms with Crippen molar-refractivity contribution in [2.45, 2.75) is 24.9 Å². The predicted molar refractivity (Wildman–Crippen MR) is 74.3 cm³/mol. The van der Waals surface area contributed by atoms with Crippen LogP contribution in [0.4, 0.5) is 5.69 Å². The topological polar surface area (TPSA) is 65.4 Å². The molecule has 3 rings (SSSR count). The minimum Gasteiger partial charge on any atom is -0.377 e. The normalized spacial score (nSPS) is 22.1. The minimum absolute atomic E-state index is 0.0385. The molecule has 5 heteroatoms. The van der Waals surface area contributed by atoms with E-state index >= 15 is 0 Å². The molecule has 0 spiro atoms. The molecule has 1 heterocycles. The third kappa shape index (κ3) is 2.75. The highest BCUT2D eigenvalue weighted by Gasteiger charge is 2.33. The molecule has 0 bridgehead atoms. The van der Waals surface area contributed by atoms with E-state index in [2.05, 4.69) is 16.3 Å². The van der Waals surface area contributed by atoms with Gasteiger partial charge in [0.15, 0.2) is 0 Å². The number of morpholine rings is 1. The van der Waals surface area contributed by atoms with Crippen LogP contribution in [0.15, 0.2) is 24.3 Å². The molecule has 1 unspecified atom stereocenters. The van der Waals surface area contributed by atoms with Gasteiger partial charge in [-0.2, -0.15) is 5.26 Å². The predicted octanol–water partition coefficient (Wildman–Crippen LogP) is 1.04. The van der Waals surface area contributed by atoms with Crippen LogP contribution in [0.2, 0.25) is 0 Å². The summed E-state index contributed by atoms with van der Waals surface area (Å²) in [5, 5.41) is 11.9. The van der Waals surface area contributed by atoms with E-state index in [9.17, 15) is 4.79 Å². The molecule has 1 aromatic rings. The van der Waals surface area contributed by atoms with Crippen molar-refractivity contribution in [3.05, 3.63) is 29.8 Å². The lowest BCUT2D eigenvalue weighted by molar-refractivity contribution is -0.124. The van der Waals surface area contributed by atoms with Crippen molar-refractivity contribution in [2.75, 3.05) is 24.7 Å². The van der Waals surface area contributed by atoms with Gasteiger partial charge in [-0.25, -0.2) is 0 Å². The number of rotatable bonds is 3. The van der Waals surface area contributed by atoms with Crippen molar-refractivity contribution < 1.29 is 9.53 Å².